The second kappa shape index (κ2) is 7.76. The SMILES string of the molecule is C=C(CC(=O)C(=C)NC(=O)C(C)C)C(=O)N1CCCCC1. The highest BCUT2D eigenvalue weighted by Gasteiger charge is 2.22. The molecular weight excluding hydrogens is 268 g/mol. The van der Waals surface area contributed by atoms with Gasteiger partial charge in [-0.1, -0.05) is 27.0 Å². The maximum atomic E-state index is 12.1. The summed E-state index contributed by atoms with van der Waals surface area (Å²) >= 11 is 0. The number of nitrogens with zero attached hydrogens (tertiary/aromatic N) is 1. The van der Waals surface area contributed by atoms with E-state index in [1.165, 1.54) is 0 Å². The van der Waals surface area contributed by atoms with Crippen LogP contribution in [0.15, 0.2) is 24.4 Å². The Bertz CT molecular complexity index is 460. The van der Waals surface area contributed by atoms with Crippen LogP contribution in [-0.4, -0.2) is 35.6 Å². The highest BCUT2D eigenvalue weighted by atomic mass is 16.2. The van der Waals surface area contributed by atoms with Gasteiger partial charge in [0.05, 0.1) is 5.70 Å². The molecule has 21 heavy (non-hydrogen) atoms. The number of piperidine rings is 1. The fraction of sp³-hybridized carbons (Fsp3) is 0.562. The van der Waals surface area contributed by atoms with Crippen LogP contribution in [0.1, 0.15) is 39.5 Å². The summed E-state index contributed by atoms with van der Waals surface area (Å²) in [7, 11) is 0. The average Bonchev–Trinajstić information content (AvgIpc) is 2.46. The number of likely N-dealkylation sites (tertiary alicyclic amines) is 1. The van der Waals surface area contributed by atoms with Crippen molar-refractivity contribution in [1.29, 1.82) is 0 Å². The van der Waals surface area contributed by atoms with E-state index in [-0.39, 0.29) is 41.2 Å². The van der Waals surface area contributed by atoms with Crippen molar-refractivity contribution in [2.75, 3.05) is 13.1 Å². The summed E-state index contributed by atoms with van der Waals surface area (Å²) in [5, 5.41) is 2.45. The summed E-state index contributed by atoms with van der Waals surface area (Å²) in [6.07, 6.45) is 3.01. The maximum absolute atomic E-state index is 12.1. The van der Waals surface area contributed by atoms with Gasteiger partial charge in [0.15, 0.2) is 5.78 Å². The molecule has 0 radical (unpaired) electrons. The zero-order chi connectivity index (χ0) is 16.0. The number of allylic oxidation sites excluding steroid dienone is 1. The molecule has 5 nitrogen and oxygen atoms in total. The van der Waals surface area contributed by atoms with Crippen molar-refractivity contribution >= 4 is 17.6 Å². The van der Waals surface area contributed by atoms with Gasteiger partial charge in [0.1, 0.15) is 0 Å². The zero-order valence-corrected chi connectivity index (χ0v) is 12.9. The first-order valence-corrected chi connectivity index (χ1v) is 7.33. The van der Waals surface area contributed by atoms with Gasteiger partial charge in [-0.15, -0.1) is 0 Å². The van der Waals surface area contributed by atoms with Crippen molar-refractivity contribution in [3.8, 4) is 0 Å². The predicted molar refractivity (Wildman–Crippen MR) is 81.3 cm³/mol. The Labute approximate surface area is 126 Å². The van der Waals surface area contributed by atoms with Gasteiger partial charge in [-0.25, -0.2) is 0 Å². The molecule has 0 unspecified atom stereocenters. The molecule has 1 saturated heterocycles. The van der Waals surface area contributed by atoms with Crippen LogP contribution >= 0.6 is 0 Å². The highest BCUT2D eigenvalue weighted by molar-refractivity contribution is 6.05. The lowest BCUT2D eigenvalue weighted by molar-refractivity contribution is -0.129. The standard InChI is InChI=1S/C16H24N2O3/c1-11(2)15(20)17-13(4)14(19)10-12(3)16(21)18-8-6-5-7-9-18/h11H,3-10H2,1-2H3,(H,17,20). The molecule has 0 atom stereocenters. The third-order valence-corrected chi connectivity index (χ3v) is 3.45. The lowest BCUT2D eigenvalue weighted by Crippen LogP contribution is -2.37. The van der Waals surface area contributed by atoms with Crippen LogP contribution in [0.25, 0.3) is 0 Å². The van der Waals surface area contributed by atoms with Crippen molar-refractivity contribution in [2.45, 2.75) is 39.5 Å². The van der Waals surface area contributed by atoms with Crippen molar-refractivity contribution in [2.24, 2.45) is 5.92 Å². The summed E-state index contributed by atoms with van der Waals surface area (Å²) in [6, 6.07) is 0. The normalized spacial score (nSPS) is 14.7. The topological polar surface area (TPSA) is 66.5 Å². The van der Waals surface area contributed by atoms with Crippen LogP contribution in [0.4, 0.5) is 0 Å². The molecule has 116 valence electrons. The van der Waals surface area contributed by atoms with Crippen molar-refractivity contribution in [1.82, 2.24) is 10.2 Å². The Balaban J connectivity index is 2.49. The maximum Gasteiger partial charge on any atom is 0.249 e. The molecule has 0 bridgehead atoms. The minimum absolute atomic E-state index is 0.0151. The Morgan fingerprint density at radius 2 is 1.67 bits per heavy atom. The molecule has 2 amide bonds. The molecule has 0 aromatic rings. The Hall–Kier alpha value is -1.91. The quantitative estimate of drug-likeness (QED) is 0.759. The minimum atomic E-state index is -0.376. The smallest absolute Gasteiger partial charge is 0.249 e. The number of Topliss-reactive ketones (excluding diaryl/α,β-unsaturated/α-hetero) is 1. The van der Waals surface area contributed by atoms with Crippen LogP contribution in [0.5, 0.6) is 0 Å². The molecule has 1 aliphatic heterocycles. The van der Waals surface area contributed by atoms with Crippen molar-refractivity contribution in [3.05, 3.63) is 24.4 Å². The molecule has 0 spiro atoms. The lowest BCUT2D eigenvalue weighted by Gasteiger charge is -2.27. The predicted octanol–water partition coefficient (Wildman–Crippen LogP) is 1.80. The number of amides is 2. The van der Waals surface area contributed by atoms with E-state index >= 15 is 0 Å². The molecular formula is C16H24N2O3. The van der Waals surface area contributed by atoms with Crippen LogP contribution in [0, 0.1) is 5.92 Å². The van der Waals surface area contributed by atoms with Crippen LogP contribution in [0.2, 0.25) is 0 Å². The van der Waals surface area contributed by atoms with Crippen molar-refractivity contribution < 1.29 is 14.4 Å². The van der Waals surface area contributed by atoms with Gasteiger partial charge in [-0.3, -0.25) is 14.4 Å². The van der Waals surface area contributed by atoms with E-state index in [2.05, 4.69) is 18.5 Å². The number of carbonyl (C=O) groups excluding carboxylic acids is 3. The largest absolute Gasteiger partial charge is 0.339 e. The van der Waals surface area contributed by atoms with E-state index in [9.17, 15) is 14.4 Å². The highest BCUT2D eigenvalue weighted by Crippen LogP contribution is 2.14. The number of nitrogens with one attached hydrogen (secondary N) is 1. The van der Waals surface area contributed by atoms with Gasteiger partial charge in [0.2, 0.25) is 11.8 Å². The van der Waals surface area contributed by atoms with Gasteiger partial charge >= 0.3 is 0 Å². The van der Waals surface area contributed by atoms with E-state index in [0.29, 0.717) is 0 Å². The van der Waals surface area contributed by atoms with Crippen LogP contribution in [-0.2, 0) is 14.4 Å². The lowest BCUT2D eigenvalue weighted by atomic mass is 10.1. The van der Waals surface area contributed by atoms with E-state index in [1.807, 2.05) is 0 Å². The first kappa shape index (κ1) is 17.1. The molecule has 1 aliphatic rings. The number of hydrogen-bond acceptors (Lipinski definition) is 3. The van der Waals surface area contributed by atoms with Crippen molar-refractivity contribution in [3.63, 3.8) is 0 Å². The second-order valence-corrected chi connectivity index (χ2v) is 5.68. The summed E-state index contributed by atoms with van der Waals surface area (Å²) in [4.78, 5) is 37.3. The molecule has 1 N–H and O–H groups in total. The molecule has 0 aromatic carbocycles. The molecule has 1 rings (SSSR count). The Kier molecular flexibility index (Phi) is 6.34. The molecule has 5 heteroatoms. The first-order chi connectivity index (χ1) is 9.82. The fourth-order valence-corrected chi connectivity index (χ4v) is 2.06. The van der Waals surface area contributed by atoms with E-state index in [1.54, 1.807) is 18.7 Å². The molecule has 0 aromatic heterocycles. The van der Waals surface area contributed by atoms with Gasteiger partial charge in [-0.2, -0.15) is 0 Å². The molecule has 0 saturated carbocycles. The number of hydrogen-bond donors (Lipinski definition) is 1. The monoisotopic (exact) mass is 292 g/mol. The number of ketones is 1. The molecule has 1 heterocycles. The van der Waals surface area contributed by atoms with Gasteiger partial charge in [0.25, 0.3) is 0 Å². The summed E-state index contributed by atoms with van der Waals surface area (Å²) in [5.41, 5.74) is 0.267. The molecule has 1 fully saturated rings. The summed E-state index contributed by atoms with van der Waals surface area (Å²) < 4.78 is 0. The Morgan fingerprint density at radius 1 is 1.10 bits per heavy atom. The summed E-state index contributed by atoms with van der Waals surface area (Å²) in [5.74, 6) is -1.04. The van der Waals surface area contributed by atoms with Gasteiger partial charge < -0.3 is 10.2 Å². The van der Waals surface area contributed by atoms with E-state index in [0.717, 1.165) is 32.4 Å². The fourth-order valence-electron chi connectivity index (χ4n) is 2.06. The van der Waals surface area contributed by atoms with E-state index < -0.39 is 0 Å². The second-order valence-electron chi connectivity index (χ2n) is 5.68. The number of carbonyl (C=O) groups is 3. The number of rotatable bonds is 6. The summed E-state index contributed by atoms with van der Waals surface area (Å²) in [6.45, 7) is 12.1. The Morgan fingerprint density at radius 3 is 2.19 bits per heavy atom. The first-order valence-electron chi connectivity index (χ1n) is 7.33. The van der Waals surface area contributed by atoms with Crippen LogP contribution in [0.3, 0.4) is 0 Å². The minimum Gasteiger partial charge on any atom is -0.339 e. The van der Waals surface area contributed by atoms with Gasteiger partial charge in [0, 0.05) is 31.0 Å². The van der Waals surface area contributed by atoms with Gasteiger partial charge in [-0.05, 0) is 19.3 Å². The zero-order valence-electron chi connectivity index (χ0n) is 12.9. The average molecular weight is 292 g/mol. The van der Waals surface area contributed by atoms with E-state index in [4.69, 9.17) is 0 Å². The third kappa shape index (κ3) is 5.17. The molecule has 0 aliphatic carbocycles. The third-order valence-electron chi connectivity index (χ3n) is 3.45. The van der Waals surface area contributed by atoms with Crippen LogP contribution < -0.4 is 5.32 Å².